The van der Waals surface area contributed by atoms with E-state index in [2.05, 4.69) is 10.3 Å². The highest BCUT2D eigenvalue weighted by atomic mass is 19.4. The number of hydrogen-bond acceptors (Lipinski definition) is 5. The number of carbonyl (C=O) groups is 2. The molecule has 0 spiro atoms. The lowest BCUT2D eigenvalue weighted by Crippen LogP contribution is -2.49. The van der Waals surface area contributed by atoms with E-state index in [9.17, 15) is 22.4 Å². The molecule has 180 valence electrons. The Balaban J connectivity index is 0.000000479. The van der Waals surface area contributed by atoms with Crippen LogP contribution in [0.15, 0.2) is 36.4 Å². The van der Waals surface area contributed by atoms with Crippen molar-refractivity contribution in [1.82, 2.24) is 9.88 Å². The quantitative estimate of drug-likeness (QED) is 0.656. The van der Waals surface area contributed by atoms with Crippen molar-refractivity contribution in [3.8, 4) is 5.75 Å². The Kier molecular flexibility index (Phi) is 8.97. The third kappa shape index (κ3) is 8.93. The van der Waals surface area contributed by atoms with Crippen molar-refractivity contribution in [1.29, 1.82) is 0 Å². The van der Waals surface area contributed by atoms with E-state index in [-0.39, 0.29) is 24.6 Å². The van der Waals surface area contributed by atoms with Crippen molar-refractivity contribution in [2.24, 2.45) is 0 Å². The number of benzene rings is 1. The van der Waals surface area contributed by atoms with E-state index in [0.29, 0.717) is 31.3 Å². The standard InChI is InChI=1S/C19H22FN3O3.C2HF3O2/c1-13-9-14(2)21-18(10-13)22-19(24)23-7-8-25-17(11-23)12-26-16-5-3-15(20)4-6-16;3-2(4,5)1(6)7/h3-6,9-10,17H,7-8,11-12H2,1-2H3,(H,21,22,24);(H,6,7). The first-order valence-electron chi connectivity index (χ1n) is 9.75. The number of urea groups is 1. The lowest BCUT2D eigenvalue weighted by molar-refractivity contribution is -0.192. The molecule has 0 radical (unpaired) electrons. The molecule has 2 amide bonds. The van der Waals surface area contributed by atoms with Crippen molar-refractivity contribution in [2.45, 2.75) is 26.1 Å². The van der Waals surface area contributed by atoms with Gasteiger partial charge in [-0.1, -0.05) is 0 Å². The van der Waals surface area contributed by atoms with Crippen LogP contribution < -0.4 is 10.1 Å². The van der Waals surface area contributed by atoms with E-state index < -0.39 is 12.1 Å². The number of halogens is 4. The predicted octanol–water partition coefficient (Wildman–Crippen LogP) is 3.78. The maximum absolute atomic E-state index is 12.9. The number of carboxylic acids is 1. The third-order valence-electron chi connectivity index (χ3n) is 4.25. The van der Waals surface area contributed by atoms with Gasteiger partial charge in [-0.05, 0) is 55.8 Å². The summed E-state index contributed by atoms with van der Waals surface area (Å²) in [5.74, 6) is -1.96. The number of ether oxygens (including phenoxy) is 2. The third-order valence-corrected chi connectivity index (χ3v) is 4.25. The molecule has 2 aromatic rings. The van der Waals surface area contributed by atoms with Crippen LogP contribution in [0.5, 0.6) is 5.75 Å². The highest BCUT2D eigenvalue weighted by Crippen LogP contribution is 2.15. The summed E-state index contributed by atoms with van der Waals surface area (Å²) in [6, 6.07) is 9.38. The van der Waals surface area contributed by atoms with Gasteiger partial charge in [0.1, 0.15) is 30.1 Å². The zero-order valence-corrected chi connectivity index (χ0v) is 17.9. The zero-order valence-electron chi connectivity index (χ0n) is 17.9. The number of nitrogens with one attached hydrogen (secondary N) is 1. The van der Waals surface area contributed by atoms with E-state index >= 15 is 0 Å². The molecule has 1 unspecified atom stereocenters. The molecule has 1 aliphatic heterocycles. The minimum atomic E-state index is -5.08. The number of carbonyl (C=O) groups excluding carboxylic acids is 1. The largest absolute Gasteiger partial charge is 0.491 e. The second kappa shape index (κ2) is 11.5. The Hall–Kier alpha value is -3.41. The first-order valence-corrected chi connectivity index (χ1v) is 9.75. The molecule has 0 aliphatic carbocycles. The Morgan fingerprint density at radius 1 is 1.24 bits per heavy atom. The Morgan fingerprint density at radius 2 is 1.88 bits per heavy atom. The lowest BCUT2D eigenvalue weighted by atomic mass is 10.2. The molecule has 1 atom stereocenters. The minimum absolute atomic E-state index is 0.211. The van der Waals surface area contributed by atoms with Gasteiger partial charge in [0.25, 0.3) is 0 Å². The van der Waals surface area contributed by atoms with Gasteiger partial charge < -0.3 is 19.5 Å². The van der Waals surface area contributed by atoms with Crippen LogP contribution in [-0.4, -0.2) is 65.6 Å². The minimum Gasteiger partial charge on any atom is -0.491 e. The molecule has 0 bridgehead atoms. The van der Waals surface area contributed by atoms with Crippen LogP contribution in [0.4, 0.5) is 28.2 Å². The van der Waals surface area contributed by atoms with Crippen LogP contribution in [0.2, 0.25) is 0 Å². The molecule has 33 heavy (non-hydrogen) atoms. The molecule has 1 aliphatic rings. The van der Waals surface area contributed by atoms with Crippen molar-refractivity contribution < 1.29 is 41.7 Å². The second-order valence-corrected chi connectivity index (χ2v) is 7.11. The number of alkyl halides is 3. The van der Waals surface area contributed by atoms with Gasteiger partial charge in [-0.25, -0.2) is 19.0 Å². The summed E-state index contributed by atoms with van der Waals surface area (Å²) >= 11 is 0. The normalized spacial score (nSPS) is 15.8. The van der Waals surface area contributed by atoms with E-state index in [0.717, 1.165) is 11.3 Å². The number of anilines is 1. The molecular formula is C21H23F4N3O5. The van der Waals surface area contributed by atoms with Crippen LogP contribution in [0.3, 0.4) is 0 Å². The summed E-state index contributed by atoms with van der Waals surface area (Å²) in [5.41, 5.74) is 1.90. The van der Waals surface area contributed by atoms with Gasteiger partial charge in [0.05, 0.1) is 13.2 Å². The predicted molar refractivity (Wildman–Crippen MR) is 110 cm³/mol. The zero-order chi connectivity index (χ0) is 24.6. The summed E-state index contributed by atoms with van der Waals surface area (Å²) < 4.78 is 55.9. The summed E-state index contributed by atoms with van der Waals surface area (Å²) in [4.78, 5) is 27.4. The lowest BCUT2D eigenvalue weighted by Gasteiger charge is -2.32. The van der Waals surface area contributed by atoms with E-state index in [4.69, 9.17) is 19.4 Å². The van der Waals surface area contributed by atoms with E-state index in [1.807, 2.05) is 26.0 Å². The SMILES string of the molecule is Cc1cc(C)nc(NC(=O)N2CCOC(COc3ccc(F)cc3)C2)c1.O=C(O)C(F)(F)F. The Bertz CT molecular complexity index is 934. The molecule has 1 aromatic heterocycles. The van der Waals surface area contributed by atoms with Gasteiger partial charge in [0.2, 0.25) is 0 Å². The number of aryl methyl sites for hydroxylation is 2. The molecule has 1 saturated heterocycles. The molecule has 0 saturated carbocycles. The average Bonchev–Trinajstić information content (AvgIpc) is 2.72. The summed E-state index contributed by atoms with van der Waals surface area (Å²) in [5, 5.41) is 9.96. The number of aromatic nitrogens is 1. The molecule has 2 N–H and O–H groups in total. The van der Waals surface area contributed by atoms with Crippen LogP contribution in [0.1, 0.15) is 11.3 Å². The molecule has 1 aromatic carbocycles. The monoisotopic (exact) mass is 473 g/mol. The molecule has 1 fully saturated rings. The molecule has 8 nitrogen and oxygen atoms in total. The highest BCUT2D eigenvalue weighted by Gasteiger charge is 2.38. The van der Waals surface area contributed by atoms with Crippen LogP contribution in [0, 0.1) is 19.7 Å². The van der Waals surface area contributed by atoms with Gasteiger partial charge in [-0.3, -0.25) is 5.32 Å². The smallest absolute Gasteiger partial charge is 0.490 e. The average molecular weight is 473 g/mol. The highest BCUT2D eigenvalue weighted by molar-refractivity contribution is 5.88. The van der Waals surface area contributed by atoms with Gasteiger partial charge in [0, 0.05) is 12.2 Å². The second-order valence-electron chi connectivity index (χ2n) is 7.11. The van der Waals surface area contributed by atoms with Gasteiger partial charge in [-0.15, -0.1) is 0 Å². The van der Waals surface area contributed by atoms with E-state index in [1.54, 1.807) is 17.0 Å². The molecule has 2 heterocycles. The van der Waals surface area contributed by atoms with Crippen LogP contribution >= 0.6 is 0 Å². The first kappa shape index (κ1) is 25.8. The van der Waals surface area contributed by atoms with E-state index in [1.165, 1.54) is 12.1 Å². The topological polar surface area (TPSA) is 101 Å². The summed E-state index contributed by atoms with van der Waals surface area (Å²) in [6.45, 7) is 5.49. The Morgan fingerprint density at radius 3 is 2.45 bits per heavy atom. The van der Waals surface area contributed by atoms with Crippen molar-refractivity contribution in [3.63, 3.8) is 0 Å². The maximum Gasteiger partial charge on any atom is 0.490 e. The van der Waals surface area contributed by atoms with Gasteiger partial charge >= 0.3 is 18.2 Å². The fraction of sp³-hybridized carbons (Fsp3) is 0.381. The number of rotatable bonds is 4. The number of hydrogen-bond donors (Lipinski definition) is 2. The summed E-state index contributed by atoms with van der Waals surface area (Å²) in [7, 11) is 0. The number of morpholine rings is 1. The van der Waals surface area contributed by atoms with Gasteiger partial charge in [0.15, 0.2) is 0 Å². The Labute approximate surface area is 187 Å². The fourth-order valence-electron chi connectivity index (χ4n) is 2.82. The fourth-order valence-corrected chi connectivity index (χ4v) is 2.82. The number of nitrogens with zero attached hydrogens (tertiary/aromatic N) is 2. The van der Waals surface area contributed by atoms with Crippen LogP contribution in [0.25, 0.3) is 0 Å². The number of pyridine rings is 1. The number of carboxylic acid groups (broad SMARTS) is 1. The van der Waals surface area contributed by atoms with Crippen molar-refractivity contribution in [2.75, 3.05) is 31.6 Å². The molecular weight excluding hydrogens is 450 g/mol. The maximum atomic E-state index is 12.9. The van der Waals surface area contributed by atoms with Crippen molar-refractivity contribution in [3.05, 3.63) is 53.5 Å². The number of aliphatic carboxylic acids is 1. The van der Waals surface area contributed by atoms with Crippen molar-refractivity contribution >= 4 is 17.8 Å². The molecule has 3 rings (SSSR count). The first-order chi connectivity index (χ1) is 15.4. The molecule has 12 heteroatoms. The van der Waals surface area contributed by atoms with Crippen LogP contribution in [-0.2, 0) is 9.53 Å². The summed E-state index contributed by atoms with van der Waals surface area (Å²) in [6.07, 6.45) is -5.33. The number of amides is 2. The van der Waals surface area contributed by atoms with Gasteiger partial charge in [-0.2, -0.15) is 13.2 Å².